The van der Waals surface area contributed by atoms with Crippen LogP contribution in [0, 0.1) is 5.41 Å². The van der Waals surface area contributed by atoms with E-state index in [1.54, 1.807) is 0 Å². The predicted molar refractivity (Wildman–Crippen MR) is 186 cm³/mol. The van der Waals surface area contributed by atoms with E-state index < -0.39 is 42.0 Å². The van der Waals surface area contributed by atoms with Gasteiger partial charge >= 0.3 is 12.1 Å². The number of amides is 2. The minimum Gasteiger partial charge on any atom is -0.475 e. The van der Waals surface area contributed by atoms with Gasteiger partial charge in [-0.2, -0.15) is 13.2 Å². The van der Waals surface area contributed by atoms with Gasteiger partial charge in [0.2, 0.25) is 0 Å². The van der Waals surface area contributed by atoms with E-state index >= 15 is 0 Å². The fourth-order valence-corrected chi connectivity index (χ4v) is 4.57. The third-order valence-corrected chi connectivity index (χ3v) is 7.58. The number of halogens is 5. The van der Waals surface area contributed by atoms with Crippen LogP contribution in [-0.2, 0) is 23.7 Å². The maximum absolute atomic E-state index is 12.3. The summed E-state index contributed by atoms with van der Waals surface area (Å²) in [6.45, 7) is 2.20. The van der Waals surface area contributed by atoms with Gasteiger partial charge in [0.25, 0.3) is 11.8 Å². The molecule has 298 valence electrons. The highest BCUT2D eigenvalue weighted by molar-refractivity contribution is 6.32. The number of carboxylic acids is 1. The summed E-state index contributed by atoms with van der Waals surface area (Å²) in [6.07, 6.45) is -3.69. The summed E-state index contributed by atoms with van der Waals surface area (Å²) in [5, 5.41) is 11.6. The molecule has 0 radical (unpaired) electrons. The topological polar surface area (TPSA) is 365 Å². The fraction of sp³-hybridized carbons (Fsp3) is 0.519. The minimum absolute atomic E-state index is 0.0921. The van der Waals surface area contributed by atoms with Crippen molar-refractivity contribution in [3.05, 3.63) is 21.7 Å². The van der Waals surface area contributed by atoms with Crippen molar-refractivity contribution in [3.8, 4) is 0 Å². The third-order valence-electron chi connectivity index (χ3n) is 7.03. The zero-order valence-corrected chi connectivity index (χ0v) is 29.6. The second-order valence-corrected chi connectivity index (χ2v) is 12.1. The molecule has 0 aliphatic carbocycles. The number of carboxylic acid groups (broad SMARTS) is 1. The number of carbonyl (C=O) groups is 3. The molecule has 2 fully saturated rings. The Balaban J connectivity index is 0.00000102. The first-order valence-corrected chi connectivity index (χ1v) is 16.2. The molecule has 2 saturated heterocycles. The lowest BCUT2D eigenvalue weighted by molar-refractivity contribution is -0.304. The van der Waals surface area contributed by atoms with E-state index in [-0.39, 0.29) is 56.9 Å². The monoisotopic (exact) mass is 812 g/mol. The Labute approximate surface area is 313 Å². The van der Waals surface area contributed by atoms with Crippen LogP contribution in [-0.4, -0.2) is 113 Å². The van der Waals surface area contributed by atoms with Crippen LogP contribution in [0.25, 0.3) is 0 Å². The van der Waals surface area contributed by atoms with E-state index in [0.29, 0.717) is 65.2 Å². The second kappa shape index (κ2) is 19.3. The number of aliphatic carboxylic acids is 1. The number of nitrogens with zero attached hydrogens (tertiary/aromatic N) is 6. The molecular formula is C27H37Cl2F3N14O8. The largest absolute Gasteiger partial charge is 0.490 e. The summed E-state index contributed by atoms with van der Waals surface area (Å²) in [4.78, 5) is 56.9. The Morgan fingerprint density at radius 1 is 0.722 bits per heavy atom. The first-order chi connectivity index (χ1) is 25.3. The molecule has 2 aliphatic heterocycles. The van der Waals surface area contributed by atoms with Crippen LogP contribution >= 0.6 is 23.2 Å². The average Bonchev–Trinajstić information content (AvgIpc) is 3.09. The van der Waals surface area contributed by atoms with Crippen LogP contribution in [0.4, 0.5) is 36.4 Å². The molecule has 27 heteroatoms. The molecule has 0 saturated carbocycles. The molecule has 0 atom stereocenters. The average molecular weight is 814 g/mol. The highest BCUT2D eigenvalue weighted by Gasteiger charge is 2.42. The number of alkyl halides is 3. The van der Waals surface area contributed by atoms with Gasteiger partial charge < -0.3 is 58.5 Å². The van der Waals surface area contributed by atoms with Crippen molar-refractivity contribution in [2.45, 2.75) is 44.4 Å². The molecule has 2 aliphatic rings. The first kappa shape index (κ1) is 43.3. The van der Waals surface area contributed by atoms with Crippen molar-refractivity contribution in [1.29, 1.82) is 0 Å². The van der Waals surface area contributed by atoms with Gasteiger partial charge in [-0.25, -0.2) is 24.7 Å². The number of aromatic nitrogens is 4. The van der Waals surface area contributed by atoms with Crippen LogP contribution in [0.2, 0.25) is 10.3 Å². The van der Waals surface area contributed by atoms with Crippen molar-refractivity contribution in [1.82, 2.24) is 30.6 Å². The molecule has 15 N–H and O–H groups in total. The standard InChI is InChI=1S/C25H36Cl2N14O6.C2HF3O2/c26-15-19(30)38-17(28)13(36-15)21(42)40-23(32)34-5-1-3-11-44-7-25(8-45-11)9-46-12(47-10-25)4-2-6-35-24(33)41-22(43)14-18(29)39-20(31)16(27)37-14;3-2(4,5)1(6)7/h11-12H,1-10H2,(H4,28,30,38)(H4,29,31,39)(H3,32,34,40,42)(H3,33,35,41,43);(H,6,7). The summed E-state index contributed by atoms with van der Waals surface area (Å²) in [6, 6.07) is 0. The van der Waals surface area contributed by atoms with Crippen LogP contribution < -0.4 is 45.0 Å². The van der Waals surface area contributed by atoms with Gasteiger partial charge in [-0.3, -0.25) is 30.2 Å². The number of guanidine groups is 2. The lowest BCUT2D eigenvalue weighted by Gasteiger charge is -2.43. The lowest BCUT2D eigenvalue weighted by Crippen LogP contribution is -2.52. The molecule has 1 spiro atoms. The molecule has 0 bridgehead atoms. The highest BCUT2D eigenvalue weighted by Crippen LogP contribution is 2.32. The zero-order valence-electron chi connectivity index (χ0n) is 28.1. The van der Waals surface area contributed by atoms with E-state index in [2.05, 4.69) is 40.6 Å². The SMILES string of the molecule is NC(=NCCCC1OCC2(CO1)COC(CCCN=C(N)NC(=O)c1nc(Cl)c(N)nc1N)OC2)NC(=O)c1nc(Cl)c(N)nc1N.O=C(O)C(F)(F)F. The fourth-order valence-electron chi connectivity index (χ4n) is 4.32. The number of nitrogens with two attached hydrogens (primary N) is 6. The van der Waals surface area contributed by atoms with Crippen LogP contribution in [0.15, 0.2) is 9.98 Å². The summed E-state index contributed by atoms with van der Waals surface area (Å²) in [5.41, 5.74) is 33.1. The van der Waals surface area contributed by atoms with Gasteiger partial charge in [0.05, 0.1) is 31.8 Å². The summed E-state index contributed by atoms with van der Waals surface area (Å²) >= 11 is 11.6. The maximum Gasteiger partial charge on any atom is 0.490 e. The molecular weight excluding hydrogens is 776 g/mol. The van der Waals surface area contributed by atoms with Gasteiger partial charge in [-0.1, -0.05) is 23.2 Å². The second-order valence-electron chi connectivity index (χ2n) is 11.4. The normalized spacial score (nSPS) is 20.5. The van der Waals surface area contributed by atoms with Crippen LogP contribution in [0.1, 0.15) is 46.7 Å². The van der Waals surface area contributed by atoms with E-state index in [0.717, 1.165) is 0 Å². The molecule has 2 aromatic heterocycles. The molecule has 2 amide bonds. The van der Waals surface area contributed by atoms with Gasteiger partial charge in [0.15, 0.2) is 69.5 Å². The van der Waals surface area contributed by atoms with Crippen molar-refractivity contribution in [3.63, 3.8) is 0 Å². The molecule has 4 rings (SSSR count). The van der Waals surface area contributed by atoms with Gasteiger partial charge in [0.1, 0.15) is 0 Å². The number of carbonyl (C=O) groups excluding carboxylic acids is 2. The number of aliphatic imine (C=N–C) groups is 2. The van der Waals surface area contributed by atoms with Crippen molar-refractivity contribution >= 4 is 76.2 Å². The number of hydrogen-bond acceptors (Lipinski definition) is 17. The molecule has 54 heavy (non-hydrogen) atoms. The zero-order chi connectivity index (χ0) is 40.2. The van der Waals surface area contributed by atoms with Gasteiger partial charge in [0, 0.05) is 25.9 Å². The minimum atomic E-state index is -5.08. The Morgan fingerprint density at radius 2 is 1.06 bits per heavy atom. The van der Waals surface area contributed by atoms with E-state index in [4.69, 9.17) is 86.5 Å². The number of ether oxygens (including phenoxy) is 4. The lowest BCUT2D eigenvalue weighted by atomic mass is 9.90. The number of nitrogens with one attached hydrogen (secondary N) is 2. The predicted octanol–water partition coefficient (Wildman–Crippen LogP) is -0.383. The molecule has 0 unspecified atom stereocenters. The molecule has 0 aromatic carbocycles. The Hall–Kier alpha value is -5.08. The summed E-state index contributed by atoms with van der Waals surface area (Å²) in [7, 11) is 0. The summed E-state index contributed by atoms with van der Waals surface area (Å²) < 4.78 is 55.3. The van der Waals surface area contributed by atoms with Crippen LogP contribution in [0.3, 0.4) is 0 Å². The maximum atomic E-state index is 12.3. The van der Waals surface area contributed by atoms with Crippen molar-refractivity contribution in [2.75, 3.05) is 62.5 Å². The molecule has 4 heterocycles. The van der Waals surface area contributed by atoms with E-state index in [9.17, 15) is 22.8 Å². The third kappa shape index (κ3) is 13.1. The van der Waals surface area contributed by atoms with Crippen molar-refractivity contribution < 1.29 is 51.6 Å². The first-order valence-electron chi connectivity index (χ1n) is 15.5. The van der Waals surface area contributed by atoms with E-state index in [1.807, 2.05) is 0 Å². The molecule has 22 nitrogen and oxygen atoms in total. The number of hydrogen-bond donors (Lipinski definition) is 9. The van der Waals surface area contributed by atoms with Crippen LogP contribution in [0.5, 0.6) is 0 Å². The highest BCUT2D eigenvalue weighted by atomic mass is 35.5. The van der Waals surface area contributed by atoms with Crippen molar-refractivity contribution in [2.24, 2.45) is 26.9 Å². The Morgan fingerprint density at radius 3 is 1.37 bits per heavy atom. The number of rotatable bonds is 10. The Kier molecular flexibility index (Phi) is 15.5. The summed E-state index contributed by atoms with van der Waals surface area (Å²) in [5.74, 6) is -5.00. The smallest absolute Gasteiger partial charge is 0.475 e. The Bertz CT molecular complexity index is 1610. The number of anilines is 4. The van der Waals surface area contributed by atoms with E-state index in [1.165, 1.54) is 0 Å². The quantitative estimate of drug-likeness (QED) is 0.0838. The number of nitrogen functional groups attached to an aromatic ring is 4. The van der Waals surface area contributed by atoms with Gasteiger partial charge in [-0.05, 0) is 12.8 Å². The van der Waals surface area contributed by atoms with Gasteiger partial charge in [-0.15, -0.1) is 0 Å². The molecule has 2 aromatic rings.